The van der Waals surface area contributed by atoms with Gasteiger partial charge in [0.1, 0.15) is 6.04 Å². The number of likely N-dealkylation sites (tertiary alicyclic amines) is 1. The predicted molar refractivity (Wildman–Crippen MR) is 57.7 cm³/mol. The molecule has 1 amide bonds. The molecule has 1 aliphatic carbocycles. The van der Waals surface area contributed by atoms with Crippen molar-refractivity contribution in [1.82, 2.24) is 10.2 Å². The van der Waals surface area contributed by atoms with Crippen molar-refractivity contribution in [2.45, 2.75) is 31.8 Å². The molecule has 2 aliphatic rings. The minimum Gasteiger partial charge on any atom is -0.464 e. The molecule has 0 radical (unpaired) electrons. The van der Waals surface area contributed by atoms with Gasteiger partial charge in [0.25, 0.3) is 0 Å². The molecule has 5 nitrogen and oxygen atoms in total. The molecule has 5 heteroatoms. The molecule has 0 spiro atoms. The molecule has 1 heterocycles. The molecule has 2 rings (SSSR count). The van der Waals surface area contributed by atoms with Gasteiger partial charge >= 0.3 is 5.97 Å². The zero-order valence-electron chi connectivity index (χ0n) is 9.73. The zero-order chi connectivity index (χ0) is 11.7. The van der Waals surface area contributed by atoms with E-state index in [1.165, 1.54) is 0 Å². The van der Waals surface area contributed by atoms with Gasteiger partial charge in [-0.25, -0.2) is 4.79 Å². The number of piperidine rings is 1. The van der Waals surface area contributed by atoms with E-state index < -0.39 is 0 Å². The van der Waals surface area contributed by atoms with Gasteiger partial charge in [-0.15, -0.1) is 0 Å². The van der Waals surface area contributed by atoms with Crippen LogP contribution in [-0.2, 0) is 14.3 Å². The van der Waals surface area contributed by atoms with Gasteiger partial charge in [0.05, 0.1) is 13.2 Å². The first-order valence-electron chi connectivity index (χ1n) is 5.81. The van der Waals surface area contributed by atoms with Crippen molar-refractivity contribution >= 4 is 11.9 Å². The second-order valence-electron chi connectivity index (χ2n) is 4.40. The SMILES string of the molecule is CCOC(=O)C1CC2CC2N1C(=O)CNC. The lowest BCUT2D eigenvalue weighted by Crippen LogP contribution is -2.46. The van der Waals surface area contributed by atoms with Crippen LogP contribution in [0.3, 0.4) is 0 Å². The van der Waals surface area contributed by atoms with Crippen LogP contribution >= 0.6 is 0 Å². The van der Waals surface area contributed by atoms with Crippen molar-refractivity contribution in [2.75, 3.05) is 20.2 Å². The molecule has 2 fully saturated rings. The van der Waals surface area contributed by atoms with Gasteiger partial charge in [0.2, 0.25) is 5.91 Å². The van der Waals surface area contributed by atoms with Crippen LogP contribution < -0.4 is 5.32 Å². The van der Waals surface area contributed by atoms with Crippen molar-refractivity contribution in [3.8, 4) is 0 Å². The topological polar surface area (TPSA) is 58.6 Å². The number of esters is 1. The van der Waals surface area contributed by atoms with Crippen LogP contribution in [0.1, 0.15) is 19.8 Å². The summed E-state index contributed by atoms with van der Waals surface area (Å²) in [6.07, 6.45) is 1.82. The standard InChI is InChI=1S/C11H18N2O3/c1-3-16-11(15)9-5-7-4-8(7)13(9)10(14)6-12-2/h7-9,12H,3-6H2,1-2H3. The summed E-state index contributed by atoms with van der Waals surface area (Å²) in [6, 6.07) is -0.0557. The Labute approximate surface area is 95.1 Å². The predicted octanol–water partition coefficient (Wildman–Crippen LogP) is -0.242. The number of amides is 1. The van der Waals surface area contributed by atoms with E-state index in [4.69, 9.17) is 4.74 Å². The highest BCUT2D eigenvalue weighted by Crippen LogP contribution is 2.47. The third-order valence-electron chi connectivity index (χ3n) is 3.28. The molecule has 1 N–H and O–H groups in total. The normalized spacial score (nSPS) is 31.1. The second kappa shape index (κ2) is 4.41. The summed E-state index contributed by atoms with van der Waals surface area (Å²) in [6.45, 7) is 2.45. The Morgan fingerprint density at radius 2 is 2.19 bits per heavy atom. The first kappa shape index (κ1) is 11.4. The van der Waals surface area contributed by atoms with Crippen LogP contribution in [0.5, 0.6) is 0 Å². The molecule has 0 aromatic rings. The number of rotatable bonds is 4. The van der Waals surface area contributed by atoms with Crippen LogP contribution in [0.2, 0.25) is 0 Å². The quantitative estimate of drug-likeness (QED) is 0.672. The third kappa shape index (κ3) is 1.91. The number of ether oxygens (including phenoxy) is 1. The maximum absolute atomic E-state index is 11.9. The molecule has 0 aromatic heterocycles. The molecule has 3 atom stereocenters. The van der Waals surface area contributed by atoms with Gasteiger partial charge in [-0.05, 0) is 32.7 Å². The summed E-state index contributed by atoms with van der Waals surface area (Å²) in [5.74, 6) is 0.278. The van der Waals surface area contributed by atoms with E-state index in [0.717, 1.165) is 12.8 Å². The van der Waals surface area contributed by atoms with Crippen LogP contribution in [0.4, 0.5) is 0 Å². The lowest BCUT2D eigenvalue weighted by atomic mass is 10.1. The minimum atomic E-state index is -0.343. The summed E-state index contributed by atoms with van der Waals surface area (Å²) >= 11 is 0. The smallest absolute Gasteiger partial charge is 0.328 e. The number of carbonyl (C=O) groups is 2. The third-order valence-corrected chi connectivity index (χ3v) is 3.28. The fraction of sp³-hybridized carbons (Fsp3) is 0.818. The number of likely N-dealkylation sites (N-methyl/N-ethyl adjacent to an activating group) is 1. The summed E-state index contributed by atoms with van der Waals surface area (Å²) in [5.41, 5.74) is 0. The van der Waals surface area contributed by atoms with Gasteiger partial charge in [0, 0.05) is 6.04 Å². The summed E-state index contributed by atoms with van der Waals surface area (Å²) in [5, 5.41) is 2.83. The van der Waals surface area contributed by atoms with Crippen LogP contribution in [0.15, 0.2) is 0 Å². The average Bonchev–Trinajstić information content (AvgIpc) is 2.90. The molecule has 16 heavy (non-hydrogen) atoms. The maximum Gasteiger partial charge on any atom is 0.328 e. The lowest BCUT2D eigenvalue weighted by molar-refractivity contribution is -0.153. The van der Waals surface area contributed by atoms with Crippen molar-refractivity contribution in [2.24, 2.45) is 5.92 Å². The molecule has 0 aromatic carbocycles. The molecular weight excluding hydrogens is 208 g/mol. The molecule has 0 bridgehead atoms. The van der Waals surface area contributed by atoms with E-state index in [1.54, 1.807) is 18.9 Å². The Morgan fingerprint density at radius 3 is 2.81 bits per heavy atom. The zero-order valence-corrected chi connectivity index (χ0v) is 9.73. The summed E-state index contributed by atoms with van der Waals surface area (Å²) in [4.78, 5) is 25.3. The summed E-state index contributed by atoms with van der Waals surface area (Å²) < 4.78 is 5.00. The average molecular weight is 226 g/mol. The van der Waals surface area contributed by atoms with Crippen LogP contribution in [-0.4, -0.2) is 49.1 Å². The van der Waals surface area contributed by atoms with Crippen LogP contribution in [0.25, 0.3) is 0 Å². The Morgan fingerprint density at radius 1 is 1.44 bits per heavy atom. The lowest BCUT2D eigenvalue weighted by Gasteiger charge is -2.25. The largest absolute Gasteiger partial charge is 0.464 e. The van der Waals surface area contributed by atoms with Gasteiger partial charge in [-0.3, -0.25) is 4.79 Å². The fourth-order valence-electron chi connectivity index (χ4n) is 2.51. The van der Waals surface area contributed by atoms with Crippen molar-refractivity contribution < 1.29 is 14.3 Å². The second-order valence-corrected chi connectivity index (χ2v) is 4.40. The van der Waals surface area contributed by atoms with Crippen LogP contribution in [0, 0.1) is 5.92 Å². The Bertz CT molecular complexity index is 306. The Hall–Kier alpha value is -1.10. The van der Waals surface area contributed by atoms with Crippen molar-refractivity contribution in [3.05, 3.63) is 0 Å². The number of fused-ring (bicyclic) bond motifs is 1. The molecular formula is C11H18N2O3. The maximum atomic E-state index is 11.9. The first-order valence-corrected chi connectivity index (χ1v) is 5.81. The monoisotopic (exact) mass is 226 g/mol. The van der Waals surface area contributed by atoms with Crippen molar-refractivity contribution in [3.63, 3.8) is 0 Å². The number of nitrogens with one attached hydrogen (secondary N) is 1. The number of nitrogens with zero attached hydrogens (tertiary/aromatic N) is 1. The Balaban J connectivity index is 2.02. The molecule has 1 saturated heterocycles. The van der Waals surface area contributed by atoms with E-state index >= 15 is 0 Å². The minimum absolute atomic E-state index is 0.00514. The molecule has 1 aliphatic heterocycles. The van der Waals surface area contributed by atoms with Gasteiger partial charge < -0.3 is 15.0 Å². The Kier molecular flexibility index (Phi) is 3.14. The number of hydrogen-bond acceptors (Lipinski definition) is 4. The molecule has 1 saturated carbocycles. The number of carbonyl (C=O) groups excluding carboxylic acids is 2. The first-order chi connectivity index (χ1) is 7.69. The highest BCUT2D eigenvalue weighted by molar-refractivity contribution is 5.87. The highest BCUT2D eigenvalue weighted by atomic mass is 16.5. The van der Waals surface area contributed by atoms with E-state index in [1.807, 2.05) is 0 Å². The summed E-state index contributed by atoms with van der Waals surface area (Å²) in [7, 11) is 1.73. The fourth-order valence-corrected chi connectivity index (χ4v) is 2.51. The molecule has 90 valence electrons. The van der Waals surface area contributed by atoms with Gasteiger partial charge in [-0.2, -0.15) is 0 Å². The van der Waals surface area contributed by atoms with E-state index in [0.29, 0.717) is 19.1 Å². The van der Waals surface area contributed by atoms with E-state index in [9.17, 15) is 9.59 Å². The van der Waals surface area contributed by atoms with E-state index in [2.05, 4.69) is 5.32 Å². The molecule has 3 unspecified atom stereocenters. The van der Waals surface area contributed by atoms with Gasteiger partial charge in [0.15, 0.2) is 0 Å². The van der Waals surface area contributed by atoms with Crippen molar-refractivity contribution in [1.29, 1.82) is 0 Å². The van der Waals surface area contributed by atoms with Gasteiger partial charge in [-0.1, -0.05) is 0 Å². The van der Waals surface area contributed by atoms with E-state index in [-0.39, 0.29) is 24.0 Å². The highest BCUT2D eigenvalue weighted by Gasteiger charge is 2.56. The number of hydrogen-bond donors (Lipinski definition) is 1.